The first-order chi connectivity index (χ1) is 24.7. The fourth-order valence-electron chi connectivity index (χ4n) is 6.23. The molecule has 0 N–H and O–H groups in total. The maximum absolute atomic E-state index is 12.4. The molecule has 2 saturated heterocycles. The smallest absolute Gasteiger partial charge is 0.303 e. The van der Waals surface area contributed by atoms with Gasteiger partial charge < -0.3 is 42.6 Å². The normalized spacial score (nSPS) is 29.2. The van der Waals surface area contributed by atoms with Gasteiger partial charge in [-0.1, -0.05) is 97.1 Å². The Morgan fingerprint density at radius 3 is 1.49 bits per heavy atom. The van der Waals surface area contributed by atoms with Gasteiger partial charge in [0.25, 0.3) is 0 Å². The van der Waals surface area contributed by atoms with Crippen molar-refractivity contribution in [2.75, 3.05) is 6.61 Å². The number of benzene rings is 3. The molecule has 0 bridgehead atoms. The van der Waals surface area contributed by atoms with Crippen LogP contribution < -0.4 is 0 Å². The van der Waals surface area contributed by atoms with E-state index in [4.69, 9.17) is 42.6 Å². The fraction of sp³-hybridized carbons (Fsp3) is 0.450. The number of rotatable bonds is 16. The summed E-state index contributed by atoms with van der Waals surface area (Å²) in [6, 6.07) is 29.4. The highest BCUT2D eigenvalue weighted by Crippen LogP contribution is 2.36. The molecule has 2 aliphatic heterocycles. The standard InChI is InChI=1S/C40H48O11/c1-6-22-43-39-38(50-29(5)42)36(34(27(3)47-39)49-28(4)41)51-40-37(46-25-32-20-14-9-15-21-32)35(45-24-31-18-12-8-13-19-31)33(26(2)48-40)44-23-30-16-10-7-11-17-30/h6-21,26-27,33-40H,1,22-25H2,2-5H3/t26-,27-,33-,34-,35+,36+,37+,38+,39+,40-/m0/s1. The summed E-state index contributed by atoms with van der Waals surface area (Å²) in [6.07, 6.45) is -7.26. The molecule has 2 fully saturated rings. The zero-order chi connectivity index (χ0) is 36.2. The second-order valence-electron chi connectivity index (χ2n) is 12.6. The van der Waals surface area contributed by atoms with E-state index in [1.165, 1.54) is 13.8 Å². The Labute approximate surface area is 299 Å². The number of hydrogen-bond acceptors (Lipinski definition) is 11. The Kier molecular flexibility index (Phi) is 14.3. The molecule has 0 aromatic heterocycles. The molecule has 3 aromatic carbocycles. The molecule has 0 unspecified atom stereocenters. The molecule has 11 heteroatoms. The van der Waals surface area contributed by atoms with Crippen molar-refractivity contribution in [3.05, 3.63) is 120 Å². The number of hydrogen-bond donors (Lipinski definition) is 0. The van der Waals surface area contributed by atoms with Crippen LogP contribution in [0.25, 0.3) is 0 Å². The maximum atomic E-state index is 12.4. The van der Waals surface area contributed by atoms with E-state index >= 15 is 0 Å². The van der Waals surface area contributed by atoms with Crippen LogP contribution in [-0.2, 0) is 72.0 Å². The second kappa shape index (κ2) is 19.1. The summed E-state index contributed by atoms with van der Waals surface area (Å²) >= 11 is 0. The molecular weight excluding hydrogens is 656 g/mol. The van der Waals surface area contributed by atoms with Crippen molar-refractivity contribution >= 4 is 11.9 Å². The van der Waals surface area contributed by atoms with Crippen LogP contribution in [0.3, 0.4) is 0 Å². The average molecular weight is 705 g/mol. The molecule has 3 aromatic rings. The second-order valence-corrected chi connectivity index (χ2v) is 12.6. The summed E-state index contributed by atoms with van der Waals surface area (Å²) in [7, 11) is 0. The van der Waals surface area contributed by atoms with Gasteiger partial charge in [-0.15, -0.1) is 6.58 Å². The van der Waals surface area contributed by atoms with Gasteiger partial charge in [-0.2, -0.15) is 0 Å². The van der Waals surface area contributed by atoms with Crippen molar-refractivity contribution in [2.45, 2.75) is 109 Å². The van der Waals surface area contributed by atoms with Crippen molar-refractivity contribution in [3.63, 3.8) is 0 Å². The molecule has 0 aliphatic carbocycles. The zero-order valence-corrected chi connectivity index (χ0v) is 29.5. The zero-order valence-electron chi connectivity index (χ0n) is 29.5. The lowest BCUT2D eigenvalue weighted by molar-refractivity contribution is -0.364. The van der Waals surface area contributed by atoms with Crippen LogP contribution in [0, 0.1) is 0 Å². The van der Waals surface area contributed by atoms with Crippen molar-refractivity contribution in [1.29, 1.82) is 0 Å². The molecule has 274 valence electrons. The molecule has 0 spiro atoms. The first-order valence-corrected chi connectivity index (χ1v) is 17.2. The summed E-state index contributed by atoms with van der Waals surface area (Å²) in [6.45, 7) is 10.8. The van der Waals surface area contributed by atoms with Crippen molar-refractivity contribution in [1.82, 2.24) is 0 Å². The molecule has 51 heavy (non-hydrogen) atoms. The predicted octanol–water partition coefficient (Wildman–Crippen LogP) is 5.68. The Hall–Kier alpha value is -3.94. The third-order valence-corrected chi connectivity index (χ3v) is 8.58. The average Bonchev–Trinajstić information content (AvgIpc) is 3.12. The van der Waals surface area contributed by atoms with Gasteiger partial charge in [0.1, 0.15) is 24.4 Å². The van der Waals surface area contributed by atoms with Gasteiger partial charge in [0.2, 0.25) is 0 Å². The third-order valence-electron chi connectivity index (χ3n) is 8.58. The van der Waals surface area contributed by atoms with Gasteiger partial charge in [-0.05, 0) is 30.5 Å². The summed E-state index contributed by atoms with van der Waals surface area (Å²) in [5.74, 6) is -1.17. The molecule has 2 aliphatic rings. The topological polar surface area (TPSA) is 117 Å². The Bertz CT molecular complexity index is 1500. The van der Waals surface area contributed by atoms with E-state index in [2.05, 4.69) is 6.58 Å². The first kappa shape index (κ1) is 38.3. The summed E-state index contributed by atoms with van der Waals surface area (Å²) in [4.78, 5) is 24.8. The summed E-state index contributed by atoms with van der Waals surface area (Å²) in [5.41, 5.74) is 2.87. The van der Waals surface area contributed by atoms with Gasteiger partial charge >= 0.3 is 11.9 Å². The lowest BCUT2D eigenvalue weighted by Gasteiger charge is -2.49. The Morgan fingerprint density at radius 1 is 0.569 bits per heavy atom. The van der Waals surface area contributed by atoms with E-state index in [9.17, 15) is 9.59 Å². The van der Waals surface area contributed by atoms with Crippen LogP contribution in [0.2, 0.25) is 0 Å². The largest absolute Gasteiger partial charge is 0.457 e. The lowest BCUT2D eigenvalue weighted by Crippen LogP contribution is -2.65. The quantitative estimate of drug-likeness (QED) is 0.135. The van der Waals surface area contributed by atoms with Crippen molar-refractivity contribution < 1.29 is 52.2 Å². The molecule has 0 amide bonds. The van der Waals surface area contributed by atoms with Gasteiger partial charge in [0, 0.05) is 13.8 Å². The molecule has 0 radical (unpaired) electrons. The molecular formula is C40H48O11. The van der Waals surface area contributed by atoms with Gasteiger partial charge in [-0.3, -0.25) is 9.59 Å². The lowest BCUT2D eigenvalue weighted by atomic mass is 9.96. The minimum atomic E-state index is -1.15. The van der Waals surface area contributed by atoms with Crippen LogP contribution >= 0.6 is 0 Å². The van der Waals surface area contributed by atoms with Crippen LogP contribution in [0.15, 0.2) is 104 Å². The van der Waals surface area contributed by atoms with Gasteiger partial charge in [0.15, 0.2) is 24.8 Å². The Balaban J connectivity index is 1.51. The molecule has 11 nitrogen and oxygen atoms in total. The molecule has 10 atom stereocenters. The highest BCUT2D eigenvalue weighted by Gasteiger charge is 2.54. The number of esters is 2. The van der Waals surface area contributed by atoms with Crippen LogP contribution in [0.4, 0.5) is 0 Å². The predicted molar refractivity (Wildman–Crippen MR) is 186 cm³/mol. The summed E-state index contributed by atoms with van der Waals surface area (Å²) < 4.78 is 56.8. The van der Waals surface area contributed by atoms with Crippen LogP contribution in [-0.4, -0.2) is 80.0 Å². The van der Waals surface area contributed by atoms with Gasteiger partial charge in [0.05, 0.1) is 38.6 Å². The van der Waals surface area contributed by atoms with Crippen LogP contribution in [0.5, 0.6) is 0 Å². The minimum Gasteiger partial charge on any atom is -0.457 e. The SMILES string of the molecule is C=CCO[C@@H]1O[C@@H](C)[C@H](OC(C)=O)[C@@H](O[C@@H]2O[C@@H](C)[C@H](OCc3ccccc3)[C@@H](OCc3ccccc3)[C@H]2OCc2ccccc2)[C@H]1OC(C)=O. The monoisotopic (exact) mass is 704 g/mol. The van der Waals surface area contributed by atoms with Crippen molar-refractivity contribution in [3.8, 4) is 0 Å². The van der Waals surface area contributed by atoms with Gasteiger partial charge in [-0.25, -0.2) is 0 Å². The molecule has 0 saturated carbocycles. The molecule has 5 rings (SSSR count). The fourth-order valence-corrected chi connectivity index (χ4v) is 6.23. The van der Waals surface area contributed by atoms with E-state index in [0.717, 1.165) is 16.7 Å². The Morgan fingerprint density at radius 2 is 1.00 bits per heavy atom. The maximum Gasteiger partial charge on any atom is 0.303 e. The van der Waals surface area contributed by atoms with E-state index in [-0.39, 0.29) is 19.8 Å². The molecule has 2 heterocycles. The minimum absolute atomic E-state index is 0.107. The third kappa shape index (κ3) is 10.8. The summed E-state index contributed by atoms with van der Waals surface area (Å²) in [5, 5.41) is 0. The number of carbonyl (C=O) groups is 2. The van der Waals surface area contributed by atoms with E-state index < -0.39 is 73.4 Å². The van der Waals surface area contributed by atoms with Crippen molar-refractivity contribution in [2.24, 2.45) is 0 Å². The van der Waals surface area contributed by atoms with Crippen LogP contribution in [0.1, 0.15) is 44.4 Å². The number of carbonyl (C=O) groups excluding carboxylic acids is 2. The van der Waals surface area contributed by atoms with E-state index in [0.29, 0.717) is 6.61 Å². The number of ether oxygens (including phenoxy) is 9. The highest BCUT2D eigenvalue weighted by molar-refractivity contribution is 5.67. The highest BCUT2D eigenvalue weighted by atomic mass is 16.8. The van der Waals surface area contributed by atoms with E-state index in [1.54, 1.807) is 13.0 Å². The van der Waals surface area contributed by atoms with E-state index in [1.807, 2.05) is 97.9 Å². The first-order valence-electron chi connectivity index (χ1n) is 17.2.